The van der Waals surface area contributed by atoms with Gasteiger partial charge in [-0.2, -0.15) is 5.10 Å². The summed E-state index contributed by atoms with van der Waals surface area (Å²) in [6, 6.07) is 1.22. The molecule has 0 spiro atoms. The predicted molar refractivity (Wildman–Crippen MR) is 91.6 cm³/mol. The van der Waals surface area contributed by atoms with Crippen LogP contribution in [-0.4, -0.2) is 45.9 Å². The molecule has 8 heteroatoms. The van der Waals surface area contributed by atoms with Crippen molar-refractivity contribution >= 4 is 17.8 Å². The van der Waals surface area contributed by atoms with Gasteiger partial charge >= 0.3 is 12.1 Å². The molecule has 1 amide bonds. The molecule has 1 heterocycles. The molecular formula is C17H27N3O5. The van der Waals surface area contributed by atoms with E-state index < -0.39 is 17.7 Å². The van der Waals surface area contributed by atoms with Gasteiger partial charge in [0.1, 0.15) is 17.0 Å². The molecule has 0 aromatic carbocycles. The Hall–Kier alpha value is -2.38. The zero-order valence-corrected chi connectivity index (χ0v) is 15.7. The molecule has 0 aliphatic heterocycles. The van der Waals surface area contributed by atoms with Crippen molar-refractivity contribution in [3.63, 3.8) is 0 Å². The Balaban J connectivity index is 2.73. The molecule has 1 aromatic heterocycles. The largest absolute Gasteiger partial charge is 0.461 e. The monoisotopic (exact) mass is 353 g/mol. The molecule has 25 heavy (non-hydrogen) atoms. The van der Waals surface area contributed by atoms with Crippen LogP contribution in [0.1, 0.15) is 68.9 Å². The first kappa shape index (κ1) is 20.7. The standard InChI is InChI=1S/C17H27N3O5/c1-7-24-15(22)14-10-13(12(3)21)19-20(14)9-8-11(2)18-16(23)25-17(4,5)6/h10-11H,7-9H2,1-6H3,(H,18,23). The fourth-order valence-corrected chi connectivity index (χ4v) is 2.03. The summed E-state index contributed by atoms with van der Waals surface area (Å²) in [6.07, 6.45) is 0.000475. The van der Waals surface area contributed by atoms with E-state index in [1.54, 1.807) is 27.7 Å². The third kappa shape index (κ3) is 6.94. The van der Waals surface area contributed by atoms with Gasteiger partial charge in [0.2, 0.25) is 0 Å². The summed E-state index contributed by atoms with van der Waals surface area (Å²) in [7, 11) is 0. The first-order valence-corrected chi connectivity index (χ1v) is 8.29. The smallest absolute Gasteiger partial charge is 0.407 e. The van der Waals surface area contributed by atoms with Crippen LogP contribution in [0.3, 0.4) is 0 Å². The average molecular weight is 353 g/mol. The third-order valence-electron chi connectivity index (χ3n) is 3.16. The zero-order valence-electron chi connectivity index (χ0n) is 15.7. The van der Waals surface area contributed by atoms with Gasteiger partial charge in [0.25, 0.3) is 0 Å². The number of hydrogen-bond donors (Lipinski definition) is 1. The van der Waals surface area contributed by atoms with E-state index in [2.05, 4.69) is 10.4 Å². The molecule has 0 radical (unpaired) electrons. The van der Waals surface area contributed by atoms with Crippen LogP contribution in [0.5, 0.6) is 0 Å². The maximum absolute atomic E-state index is 12.0. The molecule has 1 aromatic rings. The van der Waals surface area contributed by atoms with Gasteiger partial charge in [-0.25, -0.2) is 9.59 Å². The second-order valence-electron chi connectivity index (χ2n) is 6.75. The van der Waals surface area contributed by atoms with Crippen LogP contribution < -0.4 is 5.32 Å². The Morgan fingerprint density at radius 3 is 2.48 bits per heavy atom. The fourth-order valence-electron chi connectivity index (χ4n) is 2.03. The molecular weight excluding hydrogens is 326 g/mol. The van der Waals surface area contributed by atoms with Crippen molar-refractivity contribution in [1.29, 1.82) is 0 Å². The lowest BCUT2D eigenvalue weighted by Gasteiger charge is -2.22. The fraction of sp³-hybridized carbons (Fsp3) is 0.647. The van der Waals surface area contributed by atoms with Crippen molar-refractivity contribution in [2.75, 3.05) is 6.61 Å². The maximum atomic E-state index is 12.0. The molecule has 1 unspecified atom stereocenters. The summed E-state index contributed by atoms with van der Waals surface area (Å²) in [5, 5.41) is 6.87. The lowest BCUT2D eigenvalue weighted by Crippen LogP contribution is -2.38. The number of nitrogens with one attached hydrogen (secondary N) is 1. The molecule has 1 atom stereocenters. The van der Waals surface area contributed by atoms with E-state index in [9.17, 15) is 14.4 Å². The first-order chi connectivity index (χ1) is 11.5. The number of hydrogen-bond acceptors (Lipinski definition) is 6. The molecule has 8 nitrogen and oxygen atoms in total. The maximum Gasteiger partial charge on any atom is 0.407 e. The van der Waals surface area contributed by atoms with E-state index in [4.69, 9.17) is 9.47 Å². The molecule has 0 fully saturated rings. The number of ether oxygens (including phenoxy) is 2. The number of ketones is 1. The van der Waals surface area contributed by atoms with Crippen LogP contribution in [-0.2, 0) is 16.0 Å². The minimum Gasteiger partial charge on any atom is -0.461 e. The number of rotatable bonds is 7. The van der Waals surface area contributed by atoms with Gasteiger partial charge in [0.15, 0.2) is 5.78 Å². The number of aryl methyl sites for hydroxylation is 1. The van der Waals surface area contributed by atoms with Crippen LogP contribution in [0.4, 0.5) is 4.79 Å². The third-order valence-corrected chi connectivity index (χ3v) is 3.16. The van der Waals surface area contributed by atoms with E-state index in [0.29, 0.717) is 13.0 Å². The second-order valence-corrected chi connectivity index (χ2v) is 6.75. The molecule has 1 N–H and O–H groups in total. The minimum atomic E-state index is -0.570. The number of carbonyl (C=O) groups excluding carboxylic acids is 3. The van der Waals surface area contributed by atoms with Crippen LogP contribution in [0.15, 0.2) is 6.07 Å². The Kier molecular flexibility index (Phi) is 7.14. The van der Waals surface area contributed by atoms with E-state index in [1.807, 2.05) is 6.92 Å². The average Bonchev–Trinajstić information content (AvgIpc) is 2.87. The molecule has 0 saturated carbocycles. The van der Waals surface area contributed by atoms with E-state index in [1.165, 1.54) is 17.7 Å². The van der Waals surface area contributed by atoms with Crippen LogP contribution in [0.2, 0.25) is 0 Å². The first-order valence-electron chi connectivity index (χ1n) is 8.29. The minimum absolute atomic E-state index is 0.199. The topological polar surface area (TPSA) is 99.5 Å². The number of carbonyl (C=O) groups is 3. The molecule has 1 rings (SSSR count). The normalized spacial score (nSPS) is 12.4. The Bertz CT molecular complexity index is 631. The number of esters is 1. The van der Waals surface area contributed by atoms with Gasteiger partial charge < -0.3 is 14.8 Å². The highest BCUT2D eigenvalue weighted by molar-refractivity contribution is 5.95. The number of aromatic nitrogens is 2. The van der Waals surface area contributed by atoms with Gasteiger partial charge in [-0.05, 0) is 41.0 Å². The number of nitrogens with zero attached hydrogens (tertiary/aromatic N) is 2. The molecule has 140 valence electrons. The lowest BCUT2D eigenvalue weighted by atomic mass is 10.2. The SMILES string of the molecule is CCOC(=O)c1cc(C(C)=O)nn1CCC(C)NC(=O)OC(C)(C)C. The van der Waals surface area contributed by atoms with E-state index in [0.717, 1.165) is 0 Å². The molecule has 0 saturated heterocycles. The molecule has 0 aliphatic rings. The Labute approximate surface area is 147 Å². The van der Waals surface area contributed by atoms with Crippen molar-refractivity contribution in [2.24, 2.45) is 0 Å². The predicted octanol–water partition coefficient (Wildman–Crippen LogP) is 2.57. The summed E-state index contributed by atoms with van der Waals surface area (Å²) in [5.74, 6) is -0.764. The van der Waals surface area contributed by atoms with Gasteiger partial charge in [-0.1, -0.05) is 0 Å². The van der Waals surface area contributed by atoms with Crippen molar-refractivity contribution < 1.29 is 23.9 Å². The van der Waals surface area contributed by atoms with Gasteiger partial charge in [0.05, 0.1) is 6.61 Å². The van der Waals surface area contributed by atoms with E-state index >= 15 is 0 Å². The van der Waals surface area contributed by atoms with Crippen molar-refractivity contribution in [2.45, 2.75) is 66.2 Å². The van der Waals surface area contributed by atoms with E-state index in [-0.39, 0.29) is 29.8 Å². The highest BCUT2D eigenvalue weighted by atomic mass is 16.6. The molecule has 0 bridgehead atoms. The number of Topliss-reactive ketones (excluding diaryl/α,β-unsaturated/α-hetero) is 1. The van der Waals surface area contributed by atoms with Crippen molar-refractivity contribution in [1.82, 2.24) is 15.1 Å². The summed E-state index contributed by atoms with van der Waals surface area (Å²) in [4.78, 5) is 35.3. The summed E-state index contributed by atoms with van der Waals surface area (Å²) in [6.45, 7) is 10.9. The zero-order chi connectivity index (χ0) is 19.2. The second kappa shape index (κ2) is 8.64. The van der Waals surface area contributed by atoms with Gasteiger partial charge in [-0.3, -0.25) is 9.48 Å². The highest BCUT2D eigenvalue weighted by Gasteiger charge is 2.20. The van der Waals surface area contributed by atoms with Crippen LogP contribution >= 0.6 is 0 Å². The summed E-state index contributed by atoms with van der Waals surface area (Å²) in [5.41, 5.74) is -0.147. The van der Waals surface area contributed by atoms with Gasteiger partial charge in [-0.15, -0.1) is 0 Å². The van der Waals surface area contributed by atoms with Crippen molar-refractivity contribution in [3.05, 3.63) is 17.5 Å². The highest BCUT2D eigenvalue weighted by Crippen LogP contribution is 2.10. The molecule has 0 aliphatic carbocycles. The summed E-state index contributed by atoms with van der Waals surface area (Å²) >= 11 is 0. The Morgan fingerprint density at radius 2 is 1.96 bits per heavy atom. The van der Waals surface area contributed by atoms with Crippen LogP contribution in [0, 0.1) is 0 Å². The van der Waals surface area contributed by atoms with Crippen LogP contribution in [0.25, 0.3) is 0 Å². The summed E-state index contributed by atoms with van der Waals surface area (Å²) < 4.78 is 11.6. The lowest BCUT2D eigenvalue weighted by molar-refractivity contribution is 0.0489. The quantitative estimate of drug-likeness (QED) is 0.597. The Morgan fingerprint density at radius 1 is 1.32 bits per heavy atom. The van der Waals surface area contributed by atoms with Gasteiger partial charge in [0, 0.05) is 25.6 Å². The van der Waals surface area contributed by atoms with Crippen molar-refractivity contribution in [3.8, 4) is 0 Å². The number of amides is 1. The number of alkyl carbamates (subject to hydrolysis) is 1.